The number of piperidine rings is 1. The molecule has 0 spiro atoms. The van der Waals surface area contributed by atoms with Gasteiger partial charge in [-0.25, -0.2) is 0 Å². The van der Waals surface area contributed by atoms with Gasteiger partial charge >= 0.3 is 0 Å². The fourth-order valence-electron chi connectivity index (χ4n) is 2.38. The molecule has 1 aliphatic rings. The number of hydrogen-bond acceptors (Lipinski definition) is 2. The van der Waals surface area contributed by atoms with Gasteiger partial charge in [0.05, 0.1) is 5.60 Å². The summed E-state index contributed by atoms with van der Waals surface area (Å²) in [6.45, 7) is 7.57. The predicted molar refractivity (Wildman–Crippen MR) is 55.8 cm³/mol. The summed E-state index contributed by atoms with van der Waals surface area (Å²) in [4.78, 5) is 2.40. The molecule has 0 bridgehead atoms. The molecule has 1 heterocycles. The van der Waals surface area contributed by atoms with Gasteiger partial charge in [-0.2, -0.15) is 0 Å². The molecule has 1 rings (SSSR count). The second-order valence-corrected chi connectivity index (χ2v) is 4.35. The van der Waals surface area contributed by atoms with E-state index < -0.39 is 0 Å². The molecular weight excluding hydrogens is 162 g/mol. The first-order valence-electron chi connectivity index (χ1n) is 5.65. The van der Waals surface area contributed by atoms with E-state index in [-0.39, 0.29) is 5.60 Å². The van der Waals surface area contributed by atoms with Gasteiger partial charge < -0.3 is 10.0 Å². The van der Waals surface area contributed by atoms with Crippen LogP contribution < -0.4 is 0 Å². The SMILES string of the molecule is CCCN1CCCC(O)(CCC)C1. The topological polar surface area (TPSA) is 23.5 Å². The van der Waals surface area contributed by atoms with Crippen LogP contribution in [0.15, 0.2) is 0 Å². The van der Waals surface area contributed by atoms with Crippen LogP contribution in [0.4, 0.5) is 0 Å². The summed E-state index contributed by atoms with van der Waals surface area (Å²) in [5.41, 5.74) is -0.373. The second kappa shape index (κ2) is 4.97. The highest BCUT2D eigenvalue weighted by Crippen LogP contribution is 2.25. The Hall–Kier alpha value is -0.0800. The number of hydrogen-bond donors (Lipinski definition) is 1. The molecule has 1 unspecified atom stereocenters. The molecule has 0 aromatic heterocycles. The average Bonchev–Trinajstić information content (AvgIpc) is 2.04. The molecule has 2 nitrogen and oxygen atoms in total. The van der Waals surface area contributed by atoms with Crippen molar-refractivity contribution in [3.05, 3.63) is 0 Å². The van der Waals surface area contributed by atoms with Gasteiger partial charge in [0, 0.05) is 6.54 Å². The normalized spacial score (nSPS) is 30.7. The first kappa shape index (κ1) is 11.0. The van der Waals surface area contributed by atoms with Crippen molar-refractivity contribution in [1.29, 1.82) is 0 Å². The Morgan fingerprint density at radius 2 is 2.08 bits per heavy atom. The number of likely N-dealkylation sites (tertiary alicyclic amines) is 1. The van der Waals surface area contributed by atoms with Crippen LogP contribution in [0.5, 0.6) is 0 Å². The van der Waals surface area contributed by atoms with Crippen LogP contribution in [0, 0.1) is 0 Å². The van der Waals surface area contributed by atoms with E-state index >= 15 is 0 Å². The molecule has 0 saturated carbocycles. The van der Waals surface area contributed by atoms with E-state index in [1.54, 1.807) is 0 Å². The third-order valence-electron chi connectivity index (χ3n) is 2.89. The van der Waals surface area contributed by atoms with Crippen LogP contribution in [0.25, 0.3) is 0 Å². The monoisotopic (exact) mass is 185 g/mol. The molecule has 13 heavy (non-hydrogen) atoms. The number of rotatable bonds is 4. The zero-order valence-electron chi connectivity index (χ0n) is 9.05. The Kier molecular flexibility index (Phi) is 4.20. The van der Waals surface area contributed by atoms with Gasteiger partial charge in [0.1, 0.15) is 0 Å². The molecular formula is C11H23NO. The summed E-state index contributed by atoms with van der Waals surface area (Å²) in [6.07, 6.45) is 5.42. The number of β-amino-alcohol motifs (C(OH)–C–C–N with tert-alkyl or cyclic N) is 1. The van der Waals surface area contributed by atoms with E-state index in [0.29, 0.717) is 0 Å². The van der Waals surface area contributed by atoms with E-state index in [1.165, 1.54) is 13.0 Å². The van der Waals surface area contributed by atoms with E-state index in [0.717, 1.165) is 38.8 Å². The number of nitrogens with zero attached hydrogens (tertiary/aromatic N) is 1. The lowest BCUT2D eigenvalue weighted by Crippen LogP contribution is -2.48. The lowest BCUT2D eigenvalue weighted by Gasteiger charge is -2.39. The molecule has 1 atom stereocenters. The van der Waals surface area contributed by atoms with Gasteiger partial charge in [0.15, 0.2) is 0 Å². The fourth-order valence-corrected chi connectivity index (χ4v) is 2.38. The largest absolute Gasteiger partial charge is 0.389 e. The fraction of sp³-hybridized carbons (Fsp3) is 1.00. The average molecular weight is 185 g/mol. The van der Waals surface area contributed by atoms with Crippen LogP contribution in [0.1, 0.15) is 46.0 Å². The van der Waals surface area contributed by atoms with Crippen LogP contribution >= 0.6 is 0 Å². The molecule has 1 saturated heterocycles. The number of aliphatic hydroxyl groups is 1. The Morgan fingerprint density at radius 3 is 2.69 bits per heavy atom. The van der Waals surface area contributed by atoms with Gasteiger partial charge in [0.25, 0.3) is 0 Å². The summed E-state index contributed by atoms with van der Waals surface area (Å²) in [6, 6.07) is 0. The summed E-state index contributed by atoms with van der Waals surface area (Å²) < 4.78 is 0. The molecule has 0 amide bonds. The van der Waals surface area contributed by atoms with Crippen LogP contribution in [0.2, 0.25) is 0 Å². The lowest BCUT2D eigenvalue weighted by molar-refractivity contribution is -0.0371. The third kappa shape index (κ3) is 3.28. The van der Waals surface area contributed by atoms with E-state index in [1.807, 2.05) is 0 Å². The molecule has 1 aliphatic heterocycles. The van der Waals surface area contributed by atoms with Crippen LogP contribution in [0.3, 0.4) is 0 Å². The van der Waals surface area contributed by atoms with Gasteiger partial charge in [-0.15, -0.1) is 0 Å². The Balaban J connectivity index is 2.39. The zero-order chi connectivity index (χ0) is 9.73. The smallest absolute Gasteiger partial charge is 0.0774 e. The zero-order valence-corrected chi connectivity index (χ0v) is 9.05. The van der Waals surface area contributed by atoms with Gasteiger partial charge in [-0.3, -0.25) is 0 Å². The van der Waals surface area contributed by atoms with Gasteiger partial charge in [-0.05, 0) is 38.8 Å². The predicted octanol–water partition coefficient (Wildman–Crippen LogP) is 2.02. The van der Waals surface area contributed by atoms with Crippen molar-refractivity contribution in [2.45, 2.75) is 51.6 Å². The van der Waals surface area contributed by atoms with E-state index in [9.17, 15) is 5.11 Å². The minimum atomic E-state index is -0.373. The lowest BCUT2D eigenvalue weighted by atomic mass is 9.88. The van der Waals surface area contributed by atoms with Crippen LogP contribution in [-0.4, -0.2) is 35.2 Å². The van der Waals surface area contributed by atoms with Gasteiger partial charge in [-0.1, -0.05) is 20.3 Å². The molecule has 1 fully saturated rings. The van der Waals surface area contributed by atoms with Crippen molar-refractivity contribution < 1.29 is 5.11 Å². The van der Waals surface area contributed by atoms with E-state index in [2.05, 4.69) is 18.7 Å². The highest BCUT2D eigenvalue weighted by molar-refractivity contribution is 4.86. The quantitative estimate of drug-likeness (QED) is 0.724. The van der Waals surface area contributed by atoms with Gasteiger partial charge in [0.2, 0.25) is 0 Å². The minimum Gasteiger partial charge on any atom is -0.389 e. The van der Waals surface area contributed by atoms with Crippen LogP contribution in [-0.2, 0) is 0 Å². The van der Waals surface area contributed by atoms with Crippen molar-refractivity contribution in [1.82, 2.24) is 4.90 Å². The molecule has 0 aliphatic carbocycles. The molecule has 0 aromatic carbocycles. The summed E-state index contributed by atoms with van der Waals surface area (Å²) in [7, 11) is 0. The molecule has 2 heteroatoms. The third-order valence-corrected chi connectivity index (χ3v) is 2.89. The maximum Gasteiger partial charge on any atom is 0.0774 e. The minimum absolute atomic E-state index is 0.373. The molecule has 0 radical (unpaired) electrons. The van der Waals surface area contributed by atoms with Crippen molar-refractivity contribution >= 4 is 0 Å². The summed E-state index contributed by atoms with van der Waals surface area (Å²) in [5, 5.41) is 10.2. The Bertz CT molecular complexity index is 143. The molecule has 1 N–H and O–H groups in total. The Labute approximate surface area is 81.9 Å². The summed E-state index contributed by atoms with van der Waals surface area (Å²) in [5.74, 6) is 0. The van der Waals surface area contributed by atoms with Crippen molar-refractivity contribution in [3.8, 4) is 0 Å². The summed E-state index contributed by atoms with van der Waals surface area (Å²) >= 11 is 0. The van der Waals surface area contributed by atoms with Crippen molar-refractivity contribution in [3.63, 3.8) is 0 Å². The maximum absolute atomic E-state index is 10.2. The molecule has 78 valence electrons. The second-order valence-electron chi connectivity index (χ2n) is 4.35. The molecule has 0 aromatic rings. The maximum atomic E-state index is 10.2. The first-order chi connectivity index (χ1) is 6.20. The van der Waals surface area contributed by atoms with Crippen molar-refractivity contribution in [2.24, 2.45) is 0 Å². The van der Waals surface area contributed by atoms with Crippen molar-refractivity contribution in [2.75, 3.05) is 19.6 Å². The highest BCUT2D eigenvalue weighted by atomic mass is 16.3. The Morgan fingerprint density at radius 1 is 1.31 bits per heavy atom. The first-order valence-corrected chi connectivity index (χ1v) is 5.65. The highest BCUT2D eigenvalue weighted by Gasteiger charge is 2.31. The van der Waals surface area contributed by atoms with E-state index in [4.69, 9.17) is 0 Å². The standard InChI is InChI=1S/C11H23NO/c1-3-6-11(13)7-5-9-12(10-11)8-4-2/h13H,3-10H2,1-2H3.